The molecule has 2 aliphatic rings. The van der Waals surface area contributed by atoms with Crippen LogP contribution in [0.15, 0.2) is 39.9 Å². The van der Waals surface area contributed by atoms with Crippen LogP contribution in [0.3, 0.4) is 0 Å². The van der Waals surface area contributed by atoms with Crippen molar-refractivity contribution < 1.29 is 9.53 Å². The van der Waals surface area contributed by atoms with Crippen molar-refractivity contribution in [1.29, 1.82) is 0 Å². The van der Waals surface area contributed by atoms with E-state index in [1.165, 1.54) is 23.9 Å². The van der Waals surface area contributed by atoms with Crippen LogP contribution in [0.1, 0.15) is 38.5 Å². The molecule has 1 saturated carbocycles. The molecule has 0 atom stereocenters. The van der Waals surface area contributed by atoms with Crippen molar-refractivity contribution in [3.63, 3.8) is 0 Å². The number of hydrogen-bond acceptors (Lipinski definition) is 5. The molecule has 0 spiro atoms. The molecular weight excluding hydrogens is 422 g/mol. The fraction of sp³-hybridized carbons (Fsp3) is 0.500. The van der Waals surface area contributed by atoms with Gasteiger partial charge >= 0.3 is 0 Å². The Morgan fingerprint density at radius 3 is 2.90 bits per heavy atom. The number of aromatic nitrogens is 2. The number of hydrogen-bond donors (Lipinski definition) is 0. The fourth-order valence-electron chi connectivity index (χ4n) is 3.83. The van der Waals surface area contributed by atoms with Gasteiger partial charge in [0.1, 0.15) is 0 Å². The van der Waals surface area contributed by atoms with Gasteiger partial charge in [-0.25, -0.2) is 4.98 Å². The Morgan fingerprint density at radius 1 is 1.37 bits per heavy atom. The van der Waals surface area contributed by atoms with Gasteiger partial charge in [-0.2, -0.15) is 0 Å². The first kappa shape index (κ1) is 21.4. The number of rotatable bonds is 8. The molecule has 2 aromatic rings. The largest absolute Gasteiger partial charge is 0.383 e. The van der Waals surface area contributed by atoms with Gasteiger partial charge in [-0.05, 0) is 56.7 Å². The minimum Gasteiger partial charge on any atom is -0.383 e. The molecule has 0 bridgehead atoms. The van der Waals surface area contributed by atoms with E-state index < -0.39 is 0 Å². The summed E-state index contributed by atoms with van der Waals surface area (Å²) < 4.78 is 6.77. The van der Waals surface area contributed by atoms with Crippen LogP contribution in [0, 0.1) is 0 Å². The predicted octanol–water partition coefficient (Wildman–Crippen LogP) is 4.24. The van der Waals surface area contributed by atoms with E-state index in [9.17, 15) is 9.59 Å². The summed E-state index contributed by atoms with van der Waals surface area (Å²) in [5, 5.41) is 1.56. The van der Waals surface area contributed by atoms with Crippen LogP contribution >= 0.6 is 23.4 Å². The lowest BCUT2D eigenvalue weighted by atomic mass is 10.0. The molecular formula is C22H26ClN3O3S. The number of carbonyl (C=O) groups excluding carboxylic acids is 1. The van der Waals surface area contributed by atoms with Crippen molar-refractivity contribution in [1.82, 2.24) is 14.5 Å². The first-order valence-electron chi connectivity index (χ1n) is 10.4. The SMILES string of the molecule is COCCn1c(SCC(=O)N(C2=CCCCC2)C2CC2)nc2cc(Cl)ccc2c1=O. The summed E-state index contributed by atoms with van der Waals surface area (Å²) in [4.78, 5) is 32.8. The smallest absolute Gasteiger partial charge is 0.262 e. The molecule has 30 heavy (non-hydrogen) atoms. The van der Waals surface area contributed by atoms with Gasteiger partial charge in [-0.1, -0.05) is 29.4 Å². The third kappa shape index (κ3) is 4.74. The molecule has 1 aromatic heterocycles. The summed E-state index contributed by atoms with van der Waals surface area (Å²) in [6.07, 6.45) is 8.70. The molecule has 160 valence electrons. The summed E-state index contributed by atoms with van der Waals surface area (Å²) in [6.45, 7) is 0.776. The van der Waals surface area contributed by atoms with Crippen molar-refractivity contribution in [3.05, 3.63) is 45.3 Å². The first-order chi connectivity index (χ1) is 14.6. The normalized spacial score (nSPS) is 16.5. The summed E-state index contributed by atoms with van der Waals surface area (Å²) >= 11 is 7.41. The number of methoxy groups -OCH3 is 1. The second-order valence-corrected chi connectivity index (χ2v) is 9.11. The lowest BCUT2D eigenvalue weighted by Crippen LogP contribution is -2.34. The number of ether oxygens (including phenoxy) is 1. The van der Waals surface area contributed by atoms with Crippen molar-refractivity contribution in [2.75, 3.05) is 19.5 Å². The highest BCUT2D eigenvalue weighted by molar-refractivity contribution is 7.99. The summed E-state index contributed by atoms with van der Waals surface area (Å²) in [5.41, 5.74) is 1.58. The van der Waals surface area contributed by atoms with Crippen LogP contribution in [-0.2, 0) is 16.1 Å². The van der Waals surface area contributed by atoms with Gasteiger partial charge in [0.2, 0.25) is 5.91 Å². The van der Waals surface area contributed by atoms with Crippen LogP contribution < -0.4 is 5.56 Å². The molecule has 8 heteroatoms. The maximum absolute atomic E-state index is 13.1. The zero-order valence-corrected chi connectivity index (χ0v) is 18.7. The maximum Gasteiger partial charge on any atom is 0.262 e. The third-order valence-electron chi connectivity index (χ3n) is 5.48. The first-order valence-corrected chi connectivity index (χ1v) is 11.8. The summed E-state index contributed by atoms with van der Waals surface area (Å²) in [5.74, 6) is 0.341. The second-order valence-electron chi connectivity index (χ2n) is 7.73. The summed E-state index contributed by atoms with van der Waals surface area (Å²) in [6, 6.07) is 5.41. The molecule has 0 N–H and O–H groups in total. The van der Waals surface area contributed by atoms with Gasteiger partial charge in [0.15, 0.2) is 5.16 Å². The lowest BCUT2D eigenvalue weighted by Gasteiger charge is -2.27. The number of allylic oxidation sites excluding steroid dienone is 2. The van der Waals surface area contributed by atoms with Crippen molar-refractivity contribution in [3.8, 4) is 0 Å². The number of nitrogens with zero attached hydrogens (tertiary/aromatic N) is 3. The zero-order chi connectivity index (χ0) is 21.1. The standard InChI is InChI=1S/C22H26ClN3O3S/c1-29-12-11-25-21(28)18-10-7-15(23)13-19(18)24-22(25)30-14-20(27)26(17-8-9-17)16-5-3-2-4-6-16/h5,7,10,13,17H,2-4,6,8-9,11-12,14H2,1H3. The second kappa shape index (κ2) is 9.54. The van der Waals surface area contributed by atoms with Crippen molar-refractivity contribution >= 4 is 40.2 Å². The molecule has 1 aromatic carbocycles. The number of benzene rings is 1. The molecule has 0 aliphatic heterocycles. The third-order valence-corrected chi connectivity index (χ3v) is 6.68. The Bertz CT molecular complexity index is 1030. The maximum atomic E-state index is 13.1. The Labute approximate surface area is 185 Å². The van der Waals surface area contributed by atoms with Crippen molar-refractivity contribution in [2.45, 2.75) is 56.3 Å². The molecule has 0 unspecified atom stereocenters. The Hall–Kier alpha value is -1.83. The minimum absolute atomic E-state index is 0.0920. The van der Waals surface area contributed by atoms with E-state index in [2.05, 4.69) is 11.1 Å². The Kier molecular flexibility index (Phi) is 6.80. The molecule has 2 aliphatic carbocycles. The van der Waals surface area contributed by atoms with E-state index in [-0.39, 0.29) is 17.2 Å². The average molecular weight is 448 g/mol. The van der Waals surface area contributed by atoms with Crippen LogP contribution in [0.25, 0.3) is 10.9 Å². The highest BCUT2D eigenvalue weighted by Gasteiger charge is 2.35. The fourth-order valence-corrected chi connectivity index (χ4v) is 4.88. The van der Waals surface area contributed by atoms with E-state index in [1.54, 1.807) is 29.9 Å². The zero-order valence-electron chi connectivity index (χ0n) is 17.1. The number of amides is 1. The Morgan fingerprint density at radius 2 is 2.20 bits per heavy atom. The van der Waals surface area contributed by atoms with Crippen LogP contribution in [0.2, 0.25) is 5.02 Å². The average Bonchev–Trinajstić information content (AvgIpc) is 3.57. The van der Waals surface area contributed by atoms with Crippen LogP contribution in [0.5, 0.6) is 0 Å². The molecule has 6 nitrogen and oxygen atoms in total. The molecule has 1 fully saturated rings. The highest BCUT2D eigenvalue weighted by Crippen LogP contribution is 2.34. The molecule has 1 amide bonds. The quantitative estimate of drug-likeness (QED) is 0.447. The topological polar surface area (TPSA) is 64.4 Å². The van der Waals surface area contributed by atoms with E-state index in [0.29, 0.717) is 40.3 Å². The van der Waals surface area contributed by atoms with E-state index in [4.69, 9.17) is 16.3 Å². The minimum atomic E-state index is -0.141. The van der Waals surface area contributed by atoms with Crippen molar-refractivity contribution in [2.24, 2.45) is 0 Å². The van der Waals surface area contributed by atoms with Gasteiger partial charge in [-0.3, -0.25) is 14.2 Å². The van der Waals surface area contributed by atoms with Crippen LogP contribution in [0.4, 0.5) is 0 Å². The van der Waals surface area contributed by atoms with Gasteiger partial charge in [-0.15, -0.1) is 0 Å². The number of thioether (sulfide) groups is 1. The molecule has 0 saturated heterocycles. The molecule has 1 heterocycles. The Balaban J connectivity index is 1.59. The molecule has 0 radical (unpaired) electrons. The predicted molar refractivity (Wildman–Crippen MR) is 120 cm³/mol. The van der Waals surface area contributed by atoms with Crippen LogP contribution in [-0.4, -0.2) is 45.9 Å². The monoisotopic (exact) mass is 447 g/mol. The van der Waals surface area contributed by atoms with E-state index in [1.807, 2.05) is 4.90 Å². The van der Waals surface area contributed by atoms with E-state index in [0.717, 1.165) is 32.1 Å². The summed E-state index contributed by atoms with van der Waals surface area (Å²) in [7, 11) is 1.60. The van der Waals surface area contributed by atoms with Gasteiger partial charge in [0, 0.05) is 23.9 Å². The lowest BCUT2D eigenvalue weighted by molar-refractivity contribution is -0.127. The number of halogens is 1. The number of fused-ring (bicyclic) bond motifs is 1. The number of carbonyl (C=O) groups is 1. The molecule has 4 rings (SSSR count). The van der Waals surface area contributed by atoms with Gasteiger partial charge in [0.05, 0.1) is 29.8 Å². The van der Waals surface area contributed by atoms with E-state index >= 15 is 0 Å². The highest BCUT2D eigenvalue weighted by atomic mass is 35.5. The van der Waals surface area contributed by atoms with Gasteiger partial charge < -0.3 is 9.64 Å². The van der Waals surface area contributed by atoms with Gasteiger partial charge in [0.25, 0.3) is 5.56 Å².